The summed E-state index contributed by atoms with van der Waals surface area (Å²) in [6.45, 7) is 0.0248. The second-order valence-corrected chi connectivity index (χ2v) is 7.55. The zero-order valence-electron chi connectivity index (χ0n) is 15.7. The topological polar surface area (TPSA) is 49.8 Å². The summed E-state index contributed by atoms with van der Waals surface area (Å²) in [6, 6.07) is 13.4. The summed E-state index contributed by atoms with van der Waals surface area (Å²) in [6.07, 6.45) is 5.80. The van der Waals surface area contributed by atoms with Crippen molar-refractivity contribution in [2.45, 2.75) is 44.8 Å². The Balaban J connectivity index is 1.66. The van der Waals surface area contributed by atoms with Crippen molar-refractivity contribution in [2.75, 3.05) is 13.7 Å². The van der Waals surface area contributed by atoms with Crippen LogP contribution in [0.1, 0.15) is 37.7 Å². The number of hydrogen-bond donors (Lipinski definition) is 1. The Bertz CT molecular complexity index is 770. The summed E-state index contributed by atoms with van der Waals surface area (Å²) in [5.74, 6) is 0.574. The SMILES string of the molecule is CN(C(=O)COc1cc(Cl)cc(-c2ccc(CO)cc2)c1)C1CCCCC1. The monoisotopic (exact) mass is 387 g/mol. The van der Waals surface area contributed by atoms with Gasteiger partial charge in [-0.3, -0.25) is 4.79 Å². The molecule has 1 aliphatic rings. The van der Waals surface area contributed by atoms with Crippen LogP contribution in [-0.2, 0) is 11.4 Å². The first-order chi connectivity index (χ1) is 13.1. The minimum Gasteiger partial charge on any atom is -0.484 e. The lowest BCUT2D eigenvalue weighted by Crippen LogP contribution is -2.40. The fourth-order valence-electron chi connectivity index (χ4n) is 3.53. The van der Waals surface area contributed by atoms with E-state index < -0.39 is 0 Å². The number of carbonyl (C=O) groups is 1. The van der Waals surface area contributed by atoms with Gasteiger partial charge >= 0.3 is 0 Å². The van der Waals surface area contributed by atoms with Gasteiger partial charge in [0.05, 0.1) is 6.61 Å². The second-order valence-electron chi connectivity index (χ2n) is 7.12. The van der Waals surface area contributed by atoms with Crippen molar-refractivity contribution in [3.8, 4) is 16.9 Å². The summed E-state index contributed by atoms with van der Waals surface area (Å²) in [5, 5.41) is 9.73. The van der Waals surface area contributed by atoms with E-state index >= 15 is 0 Å². The third-order valence-electron chi connectivity index (χ3n) is 5.22. The van der Waals surface area contributed by atoms with Crippen molar-refractivity contribution in [3.05, 3.63) is 53.1 Å². The van der Waals surface area contributed by atoms with E-state index in [1.807, 2.05) is 48.3 Å². The highest BCUT2D eigenvalue weighted by molar-refractivity contribution is 6.31. The molecule has 0 spiro atoms. The number of hydrogen-bond acceptors (Lipinski definition) is 3. The molecule has 1 N–H and O–H groups in total. The number of likely N-dealkylation sites (N-methyl/N-ethyl adjacent to an activating group) is 1. The molecular weight excluding hydrogens is 362 g/mol. The molecule has 0 bridgehead atoms. The van der Waals surface area contributed by atoms with Gasteiger partial charge in [0, 0.05) is 18.1 Å². The predicted molar refractivity (Wildman–Crippen MR) is 108 cm³/mol. The fourth-order valence-corrected chi connectivity index (χ4v) is 3.76. The number of ether oxygens (including phenoxy) is 1. The lowest BCUT2D eigenvalue weighted by molar-refractivity contribution is -0.134. The molecule has 27 heavy (non-hydrogen) atoms. The van der Waals surface area contributed by atoms with Crippen LogP contribution < -0.4 is 4.74 Å². The Morgan fingerprint density at radius 3 is 2.48 bits per heavy atom. The number of carbonyl (C=O) groups excluding carboxylic acids is 1. The summed E-state index contributed by atoms with van der Waals surface area (Å²) < 4.78 is 5.75. The van der Waals surface area contributed by atoms with E-state index in [0.29, 0.717) is 16.8 Å². The van der Waals surface area contributed by atoms with Gasteiger partial charge in [-0.1, -0.05) is 55.1 Å². The van der Waals surface area contributed by atoms with E-state index in [2.05, 4.69) is 0 Å². The molecule has 1 amide bonds. The van der Waals surface area contributed by atoms with Crippen LogP contribution in [0.5, 0.6) is 5.75 Å². The lowest BCUT2D eigenvalue weighted by Gasteiger charge is -2.31. The van der Waals surface area contributed by atoms with Gasteiger partial charge in [-0.25, -0.2) is 0 Å². The molecular formula is C22H26ClNO3. The standard InChI is InChI=1S/C22H26ClNO3/c1-24(20-5-3-2-4-6-20)22(26)15-27-21-12-18(11-19(23)13-21)17-9-7-16(14-25)8-10-17/h7-13,20,25H,2-6,14-15H2,1H3. The van der Waals surface area contributed by atoms with E-state index in [9.17, 15) is 9.90 Å². The minimum atomic E-state index is -0.00396. The van der Waals surface area contributed by atoms with E-state index in [1.54, 1.807) is 6.07 Å². The van der Waals surface area contributed by atoms with Gasteiger partial charge in [0.1, 0.15) is 5.75 Å². The van der Waals surface area contributed by atoms with Crippen molar-refractivity contribution in [1.82, 2.24) is 4.90 Å². The molecule has 2 aromatic rings. The molecule has 1 aliphatic carbocycles. The van der Waals surface area contributed by atoms with Gasteiger partial charge in [0.15, 0.2) is 6.61 Å². The second kappa shape index (κ2) is 9.25. The average molecular weight is 388 g/mol. The van der Waals surface area contributed by atoms with E-state index in [-0.39, 0.29) is 19.1 Å². The van der Waals surface area contributed by atoms with Gasteiger partial charge in [-0.15, -0.1) is 0 Å². The zero-order chi connectivity index (χ0) is 19.2. The molecule has 3 rings (SSSR count). The third kappa shape index (κ3) is 5.24. The van der Waals surface area contributed by atoms with Crippen LogP contribution >= 0.6 is 11.6 Å². The largest absolute Gasteiger partial charge is 0.484 e. The van der Waals surface area contributed by atoms with Crippen molar-refractivity contribution in [3.63, 3.8) is 0 Å². The molecule has 0 radical (unpaired) electrons. The van der Waals surface area contributed by atoms with Crippen LogP contribution in [0.25, 0.3) is 11.1 Å². The number of nitrogens with zero attached hydrogens (tertiary/aromatic N) is 1. The molecule has 144 valence electrons. The van der Waals surface area contributed by atoms with E-state index in [1.165, 1.54) is 19.3 Å². The molecule has 1 saturated carbocycles. The number of aliphatic hydroxyl groups is 1. The van der Waals surface area contributed by atoms with Gasteiger partial charge in [0.25, 0.3) is 5.91 Å². The fraction of sp³-hybridized carbons (Fsp3) is 0.409. The minimum absolute atomic E-state index is 0.00396. The first kappa shape index (κ1) is 19.7. The number of benzene rings is 2. The molecule has 5 heteroatoms. The molecule has 2 aromatic carbocycles. The molecule has 0 saturated heterocycles. The number of halogens is 1. The molecule has 0 heterocycles. The maximum atomic E-state index is 12.5. The Hall–Kier alpha value is -2.04. The Labute approximate surface area is 165 Å². The first-order valence-corrected chi connectivity index (χ1v) is 9.84. The summed E-state index contributed by atoms with van der Waals surface area (Å²) in [4.78, 5) is 14.3. The van der Waals surface area contributed by atoms with Gasteiger partial charge in [-0.05, 0) is 47.7 Å². The van der Waals surface area contributed by atoms with Crippen molar-refractivity contribution >= 4 is 17.5 Å². The van der Waals surface area contributed by atoms with Crippen LogP contribution in [0, 0.1) is 0 Å². The molecule has 1 fully saturated rings. The summed E-state index contributed by atoms with van der Waals surface area (Å²) in [5.41, 5.74) is 2.74. The van der Waals surface area contributed by atoms with Crippen LogP contribution in [0.15, 0.2) is 42.5 Å². The van der Waals surface area contributed by atoms with Crippen molar-refractivity contribution < 1.29 is 14.6 Å². The molecule has 0 unspecified atom stereocenters. The first-order valence-electron chi connectivity index (χ1n) is 9.46. The highest BCUT2D eigenvalue weighted by Crippen LogP contribution is 2.29. The molecule has 4 nitrogen and oxygen atoms in total. The highest BCUT2D eigenvalue weighted by atomic mass is 35.5. The smallest absolute Gasteiger partial charge is 0.260 e. The van der Waals surface area contributed by atoms with Crippen LogP contribution in [0.2, 0.25) is 5.02 Å². The van der Waals surface area contributed by atoms with Crippen LogP contribution in [0.4, 0.5) is 0 Å². The van der Waals surface area contributed by atoms with Gasteiger partial charge in [-0.2, -0.15) is 0 Å². The Morgan fingerprint density at radius 1 is 1.11 bits per heavy atom. The number of aliphatic hydroxyl groups excluding tert-OH is 1. The summed E-state index contributed by atoms with van der Waals surface area (Å²) >= 11 is 6.24. The summed E-state index contributed by atoms with van der Waals surface area (Å²) in [7, 11) is 1.87. The quantitative estimate of drug-likeness (QED) is 0.783. The molecule has 0 atom stereocenters. The normalized spacial score (nSPS) is 14.8. The maximum Gasteiger partial charge on any atom is 0.260 e. The van der Waals surface area contributed by atoms with E-state index in [4.69, 9.17) is 16.3 Å². The third-order valence-corrected chi connectivity index (χ3v) is 5.44. The van der Waals surface area contributed by atoms with Crippen molar-refractivity contribution in [2.24, 2.45) is 0 Å². The van der Waals surface area contributed by atoms with E-state index in [0.717, 1.165) is 29.5 Å². The van der Waals surface area contributed by atoms with Gasteiger partial charge in [0.2, 0.25) is 0 Å². The number of amides is 1. The highest BCUT2D eigenvalue weighted by Gasteiger charge is 2.22. The zero-order valence-corrected chi connectivity index (χ0v) is 16.4. The van der Waals surface area contributed by atoms with Gasteiger partial charge < -0.3 is 14.7 Å². The average Bonchev–Trinajstić information content (AvgIpc) is 2.71. The lowest BCUT2D eigenvalue weighted by atomic mass is 9.94. The van der Waals surface area contributed by atoms with Crippen LogP contribution in [-0.4, -0.2) is 35.6 Å². The van der Waals surface area contributed by atoms with Crippen LogP contribution in [0.3, 0.4) is 0 Å². The predicted octanol–water partition coefficient (Wildman–Crippen LogP) is 4.67. The Kier molecular flexibility index (Phi) is 6.75. The maximum absolute atomic E-state index is 12.5. The Morgan fingerprint density at radius 2 is 1.81 bits per heavy atom. The van der Waals surface area contributed by atoms with Crippen molar-refractivity contribution in [1.29, 1.82) is 0 Å². The molecule has 0 aromatic heterocycles. The molecule has 0 aliphatic heterocycles. The number of rotatable bonds is 6.